The molecule has 2 aromatic carbocycles. The Bertz CT molecular complexity index is 804. The van der Waals surface area contributed by atoms with Crippen LogP contribution in [0.2, 0.25) is 0 Å². The van der Waals surface area contributed by atoms with Crippen LogP contribution >= 0.6 is 0 Å². The lowest BCUT2D eigenvalue weighted by Gasteiger charge is -2.29. The lowest BCUT2D eigenvalue weighted by Crippen LogP contribution is -2.49. The van der Waals surface area contributed by atoms with E-state index in [1.54, 1.807) is 11.8 Å². The van der Waals surface area contributed by atoms with Gasteiger partial charge in [0, 0.05) is 13.1 Å². The molecule has 0 saturated heterocycles. The maximum absolute atomic E-state index is 12.9. The summed E-state index contributed by atoms with van der Waals surface area (Å²) in [5.41, 5.74) is 3.16. The Kier molecular flexibility index (Phi) is 8.05. The van der Waals surface area contributed by atoms with Gasteiger partial charge >= 0.3 is 0 Å². The Morgan fingerprint density at radius 2 is 1.75 bits per heavy atom. The van der Waals surface area contributed by atoms with Crippen LogP contribution in [0, 0.1) is 13.8 Å². The van der Waals surface area contributed by atoms with Crippen molar-refractivity contribution in [3.63, 3.8) is 0 Å². The highest BCUT2D eigenvalue weighted by atomic mass is 16.5. The van der Waals surface area contributed by atoms with Gasteiger partial charge in [0.1, 0.15) is 11.8 Å². The van der Waals surface area contributed by atoms with E-state index in [-0.39, 0.29) is 18.4 Å². The van der Waals surface area contributed by atoms with Crippen LogP contribution in [0.15, 0.2) is 48.5 Å². The van der Waals surface area contributed by atoms with Crippen molar-refractivity contribution < 1.29 is 14.3 Å². The Labute approximate surface area is 167 Å². The van der Waals surface area contributed by atoms with E-state index in [0.29, 0.717) is 18.8 Å². The minimum Gasteiger partial charge on any atom is -0.484 e. The fourth-order valence-electron chi connectivity index (χ4n) is 2.92. The first-order chi connectivity index (χ1) is 13.4. The molecule has 2 aromatic rings. The second-order valence-electron chi connectivity index (χ2n) is 7.08. The maximum Gasteiger partial charge on any atom is 0.261 e. The monoisotopic (exact) mass is 382 g/mol. The molecule has 0 aliphatic heterocycles. The molecule has 0 saturated carbocycles. The molecule has 1 atom stereocenters. The lowest BCUT2D eigenvalue weighted by molar-refractivity contribution is -0.142. The third-order valence-corrected chi connectivity index (χ3v) is 4.50. The predicted molar refractivity (Wildman–Crippen MR) is 111 cm³/mol. The summed E-state index contributed by atoms with van der Waals surface area (Å²) in [6.07, 6.45) is 0.848. The molecule has 5 heteroatoms. The fourth-order valence-corrected chi connectivity index (χ4v) is 2.92. The van der Waals surface area contributed by atoms with E-state index in [9.17, 15) is 9.59 Å². The Balaban J connectivity index is 2.13. The molecule has 150 valence electrons. The second kappa shape index (κ2) is 10.5. The number of benzene rings is 2. The van der Waals surface area contributed by atoms with E-state index in [1.807, 2.05) is 69.3 Å². The second-order valence-corrected chi connectivity index (χ2v) is 7.08. The van der Waals surface area contributed by atoms with Crippen LogP contribution in [-0.4, -0.2) is 35.9 Å². The van der Waals surface area contributed by atoms with Gasteiger partial charge in [0.25, 0.3) is 5.91 Å². The molecule has 0 aliphatic rings. The van der Waals surface area contributed by atoms with Crippen molar-refractivity contribution in [2.24, 2.45) is 0 Å². The molecule has 5 nitrogen and oxygen atoms in total. The smallest absolute Gasteiger partial charge is 0.261 e. The highest BCUT2D eigenvalue weighted by Crippen LogP contribution is 2.15. The molecule has 2 rings (SSSR count). The zero-order valence-corrected chi connectivity index (χ0v) is 17.2. The van der Waals surface area contributed by atoms with Gasteiger partial charge in [-0.2, -0.15) is 0 Å². The van der Waals surface area contributed by atoms with Gasteiger partial charge in [-0.1, -0.05) is 48.9 Å². The Morgan fingerprint density at radius 3 is 2.39 bits per heavy atom. The summed E-state index contributed by atoms with van der Waals surface area (Å²) in [7, 11) is 0. The van der Waals surface area contributed by atoms with Crippen LogP contribution in [0.5, 0.6) is 5.75 Å². The van der Waals surface area contributed by atoms with E-state index < -0.39 is 6.04 Å². The van der Waals surface area contributed by atoms with Crippen LogP contribution in [0.1, 0.15) is 37.0 Å². The van der Waals surface area contributed by atoms with E-state index in [4.69, 9.17) is 4.74 Å². The van der Waals surface area contributed by atoms with Gasteiger partial charge in [-0.3, -0.25) is 9.59 Å². The molecule has 0 radical (unpaired) electrons. The van der Waals surface area contributed by atoms with Crippen molar-refractivity contribution in [3.8, 4) is 5.75 Å². The number of amides is 2. The van der Waals surface area contributed by atoms with Crippen molar-refractivity contribution >= 4 is 11.8 Å². The lowest BCUT2D eigenvalue weighted by atomic mass is 10.1. The van der Waals surface area contributed by atoms with Gasteiger partial charge < -0.3 is 15.0 Å². The first kappa shape index (κ1) is 21.5. The molecular weight excluding hydrogens is 352 g/mol. The third-order valence-electron chi connectivity index (χ3n) is 4.50. The average Bonchev–Trinajstić information content (AvgIpc) is 2.68. The number of hydrogen-bond donors (Lipinski definition) is 1. The summed E-state index contributed by atoms with van der Waals surface area (Å²) < 4.78 is 5.68. The predicted octanol–water partition coefficient (Wildman–Crippen LogP) is 3.63. The number of nitrogens with one attached hydrogen (secondary N) is 1. The Morgan fingerprint density at radius 1 is 1.07 bits per heavy atom. The first-order valence-corrected chi connectivity index (χ1v) is 9.73. The molecule has 2 amide bonds. The molecule has 1 N–H and O–H groups in total. The summed E-state index contributed by atoms with van der Waals surface area (Å²) in [6, 6.07) is 14.9. The van der Waals surface area contributed by atoms with Crippen LogP contribution in [0.25, 0.3) is 0 Å². The van der Waals surface area contributed by atoms with E-state index in [0.717, 1.165) is 23.1 Å². The molecule has 28 heavy (non-hydrogen) atoms. The topological polar surface area (TPSA) is 58.6 Å². The average molecular weight is 383 g/mol. The Hall–Kier alpha value is -2.82. The van der Waals surface area contributed by atoms with Crippen molar-refractivity contribution in [3.05, 3.63) is 65.2 Å². The molecule has 0 spiro atoms. The minimum atomic E-state index is -0.583. The highest BCUT2D eigenvalue weighted by Gasteiger charge is 2.26. The SMILES string of the molecule is CCCNC(=O)[C@H](C)N(Cc1cccc(C)c1)C(=O)COc1cccc(C)c1. The van der Waals surface area contributed by atoms with Crippen LogP contribution in [0.4, 0.5) is 0 Å². The first-order valence-electron chi connectivity index (χ1n) is 9.73. The molecule has 0 unspecified atom stereocenters. The number of nitrogens with zero attached hydrogens (tertiary/aromatic N) is 1. The van der Waals surface area contributed by atoms with Gasteiger partial charge in [-0.05, 0) is 50.5 Å². The van der Waals surface area contributed by atoms with Crippen molar-refractivity contribution in [1.29, 1.82) is 0 Å². The van der Waals surface area contributed by atoms with Crippen molar-refractivity contribution in [1.82, 2.24) is 10.2 Å². The molecule has 0 bridgehead atoms. The van der Waals surface area contributed by atoms with Gasteiger partial charge in [-0.15, -0.1) is 0 Å². The largest absolute Gasteiger partial charge is 0.484 e. The van der Waals surface area contributed by atoms with Gasteiger partial charge in [0.05, 0.1) is 0 Å². The van der Waals surface area contributed by atoms with Crippen LogP contribution < -0.4 is 10.1 Å². The number of ether oxygens (including phenoxy) is 1. The number of rotatable bonds is 9. The van der Waals surface area contributed by atoms with E-state index in [1.165, 1.54) is 0 Å². The maximum atomic E-state index is 12.9. The molecule has 0 aliphatic carbocycles. The third kappa shape index (κ3) is 6.41. The van der Waals surface area contributed by atoms with Crippen LogP contribution in [-0.2, 0) is 16.1 Å². The summed E-state index contributed by atoms with van der Waals surface area (Å²) in [5, 5.41) is 2.87. The standard InChI is InChI=1S/C23H30N2O3/c1-5-12-24-23(27)19(4)25(15-20-10-6-8-17(2)13-20)22(26)16-28-21-11-7-9-18(3)14-21/h6-11,13-14,19H,5,12,15-16H2,1-4H3,(H,24,27)/t19-/m0/s1. The minimum absolute atomic E-state index is 0.110. The van der Waals surface area contributed by atoms with Gasteiger partial charge in [0.2, 0.25) is 5.91 Å². The number of aryl methyl sites for hydroxylation is 2. The molecular formula is C23H30N2O3. The van der Waals surface area contributed by atoms with Crippen molar-refractivity contribution in [2.45, 2.75) is 46.7 Å². The van der Waals surface area contributed by atoms with Gasteiger partial charge in [-0.25, -0.2) is 0 Å². The summed E-state index contributed by atoms with van der Waals surface area (Å²) in [5.74, 6) is 0.271. The summed E-state index contributed by atoms with van der Waals surface area (Å²) in [6.45, 7) is 8.57. The zero-order valence-electron chi connectivity index (χ0n) is 17.2. The van der Waals surface area contributed by atoms with E-state index in [2.05, 4.69) is 5.32 Å². The number of hydrogen-bond acceptors (Lipinski definition) is 3. The van der Waals surface area contributed by atoms with Crippen LogP contribution in [0.3, 0.4) is 0 Å². The fraction of sp³-hybridized carbons (Fsp3) is 0.391. The quantitative estimate of drug-likeness (QED) is 0.721. The zero-order chi connectivity index (χ0) is 20.5. The molecule has 0 aromatic heterocycles. The summed E-state index contributed by atoms with van der Waals surface area (Å²) in [4.78, 5) is 27.0. The summed E-state index contributed by atoms with van der Waals surface area (Å²) >= 11 is 0. The molecule has 0 heterocycles. The van der Waals surface area contributed by atoms with E-state index >= 15 is 0 Å². The number of carbonyl (C=O) groups excluding carboxylic acids is 2. The highest BCUT2D eigenvalue weighted by molar-refractivity contribution is 5.87. The molecule has 0 fully saturated rings. The number of carbonyl (C=O) groups is 2. The van der Waals surface area contributed by atoms with Gasteiger partial charge in [0.15, 0.2) is 6.61 Å². The normalized spacial score (nSPS) is 11.6. The van der Waals surface area contributed by atoms with Crippen molar-refractivity contribution in [2.75, 3.05) is 13.2 Å².